The maximum Gasteiger partial charge on any atom is 0.185 e. The Labute approximate surface area is 106 Å². The molecule has 0 bridgehead atoms. The average molecular weight is 238 g/mol. The molecule has 0 radical (unpaired) electrons. The van der Waals surface area contributed by atoms with Gasteiger partial charge in [0.25, 0.3) is 0 Å². The van der Waals surface area contributed by atoms with Gasteiger partial charge < -0.3 is 4.42 Å². The number of aryl methyl sites for hydroxylation is 1. The lowest BCUT2D eigenvalue weighted by Gasteiger charge is -1.96. The molecule has 90 valence electrons. The van der Waals surface area contributed by atoms with Crippen LogP contribution in [0.25, 0.3) is 6.08 Å². The Hall–Kier alpha value is -2.35. The topological polar surface area (TPSA) is 30.2 Å². The molecule has 0 unspecified atom stereocenters. The lowest BCUT2D eigenvalue weighted by Crippen LogP contribution is -1.93. The first-order chi connectivity index (χ1) is 8.75. The Balaban J connectivity index is 1.99. The summed E-state index contributed by atoms with van der Waals surface area (Å²) in [5.74, 6) is 0.769. The van der Waals surface area contributed by atoms with Crippen LogP contribution in [0.4, 0.5) is 0 Å². The molecule has 0 amide bonds. The van der Waals surface area contributed by atoms with Crippen molar-refractivity contribution in [3.05, 3.63) is 77.8 Å². The molecular formula is C16H14O2. The standard InChI is InChI=1S/C16H14O2/c1-13-6-4-7-14(12-13)16(17)10-3-2-8-15-9-5-11-18-15/h2-12H,1H3/b8-2+,10-3+. The molecule has 1 aromatic carbocycles. The molecule has 0 aliphatic carbocycles. The van der Waals surface area contributed by atoms with Crippen molar-refractivity contribution in [2.75, 3.05) is 0 Å². The van der Waals surface area contributed by atoms with E-state index < -0.39 is 0 Å². The molecule has 2 rings (SSSR count). The normalized spacial score (nSPS) is 11.4. The van der Waals surface area contributed by atoms with E-state index in [4.69, 9.17) is 4.42 Å². The van der Waals surface area contributed by atoms with Crippen LogP contribution in [0.15, 0.2) is 65.3 Å². The van der Waals surface area contributed by atoms with Gasteiger partial charge in [0.2, 0.25) is 0 Å². The fourth-order valence-corrected chi connectivity index (χ4v) is 1.57. The van der Waals surface area contributed by atoms with Crippen LogP contribution in [0.2, 0.25) is 0 Å². The van der Waals surface area contributed by atoms with E-state index in [1.807, 2.05) is 43.3 Å². The molecule has 0 atom stereocenters. The SMILES string of the molecule is Cc1cccc(C(=O)/C=C/C=C/c2ccco2)c1. The molecule has 0 saturated heterocycles. The summed E-state index contributed by atoms with van der Waals surface area (Å²) < 4.78 is 5.14. The summed E-state index contributed by atoms with van der Waals surface area (Å²) in [5.41, 5.74) is 1.79. The molecule has 1 aromatic heterocycles. The fraction of sp³-hybridized carbons (Fsp3) is 0.0625. The van der Waals surface area contributed by atoms with Crippen molar-refractivity contribution < 1.29 is 9.21 Å². The van der Waals surface area contributed by atoms with Crippen molar-refractivity contribution in [3.63, 3.8) is 0 Å². The zero-order valence-corrected chi connectivity index (χ0v) is 10.2. The van der Waals surface area contributed by atoms with Gasteiger partial charge in [-0.1, -0.05) is 35.9 Å². The van der Waals surface area contributed by atoms with Gasteiger partial charge in [-0.05, 0) is 37.3 Å². The monoisotopic (exact) mass is 238 g/mol. The molecule has 2 heteroatoms. The van der Waals surface area contributed by atoms with Crippen LogP contribution in [0.5, 0.6) is 0 Å². The van der Waals surface area contributed by atoms with E-state index in [1.165, 1.54) is 0 Å². The second kappa shape index (κ2) is 5.82. The molecule has 0 saturated carbocycles. The minimum atomic E-state index is 0.00259. The second-order valence-electron chi connectivity index (χ2n) is 3.97. The van der Waals surface area contributed by atoms with Gasteiger partial charge >= 0.3 is 0 Å². The first-order valence-electron chi connectivity index (χ1n) is 5.75. The van der Waals surface area contributed by atoms with Crippen LogP contribution in [-0.4, -0.2) is 5.78 Å². The Bertz CT molecular complexity index is 575. The highest BCUT2D eigenvalue weighted by atomic mass is 16.3. The molecule has 0 fully saturated rings. The predicted octanol–water partition coefficient (Wildman–Crippen LogP) is 4.04. The predicted molar refractivity (Wildman–Crippen MR) is 72.4 cm³/mol. The van der Waals surface area contributed by atoms with Gasteiger partial charge in [-0.25, -0.2) is 0 Å². The van der Waals surface area contributed by atoms with Crippen LogP contribution in [0, 0.1) is 6.92 Å². The number of ketones is 1. The quantitative estimate of drug-likeness (QED) is 0.457. The number of rotatable bonds is 4. The molecule has 0 N–H and O–H groups in total. The Kier molecular flexibility index (Phi) is 3.92. The fourth-order valence-electron chi connectivity index (χ4n) is 1.57. The lowest BCUT2D eigenvalue weighted by molar-refractivity contribution is 0.104. The van der Waals surface area contributed by atoms with E-state index >= 15 is 0 Å². The first-order valence-corrected chi connectivity index (χ1v) is 5.75. The molecule has 2 nitrogen and oxygen atoms in total. The smallest absolute Gasteiger partial charge is 0.185 e. The van der Waals surface area contributed by atoms with E-state index in [-0.39, 0.29) is 5.78 Å². The summed E-state index contributed by atoms with van der Waals surface area (Å²) in [6.45, 7) is 1.97. The summed E-state index contributed by atoms with van der Waals surface area (Å²) in [6.07, 6.45) is 8.47. The number of hydrogen-bond acceptors (Lipinski definition) is 2. The molecule has 0 aliphatic heterocycles. The third-order valence-electron chi connectivity index (χ3n) is 2.46. The van der Waals surface area contributed by atoms with Gasteiger partial charge in [0, 0.05) is 5.56 Å². The second-order valence-corrected chi connectivity index (χ2v) is 3.97. The van der Waals surface area contributed by atoms with Crippen LogP contribution in [0.1, 0.15) is 21.7 Å². The highest BCUT2D eigenvalue weighted by Gasteiger charge is 1.99. The Morgan fingerprint density at radius 1 is 1.17 bits per heavy atom. The first kappa shape index (κ1) is 12.1. The van der Waals surface area contributed by atoms with Crippen molar-refractivity contribution in [1.29, 1.82) is 0 Å². The summed E-state index contributed by atoms with van der Waals surface area (Å²) in [6, 6.07) is 11.2. The molecule has 1 heterocycles. The lowest BCUT2D eigenvalue weighted by atomic mass is 10.1. The maximum absolute atomic E-state index is 11.8. The number of carbonyl (C=O) groups is 1. The van der Waals surface area contributed by atoms with E-state index in [0.717, 1.165) is 11.3 Å². The zero-order valence-electron chi connectivity index (χ0n) is 10.2. The van der Waals surface area contributed by atoms with Gasteiger partial charge in [-0.2, -0.15) is 0 Å². The van der Waals surface area contributed by atoms with Crippen LogP contribution >= 0.6 is 0 Å². The third kappa shape index (κ3) is 3.32. The van der Waals surface area contributed by atoms with Crippen LogP contribution in [-0.2, 0) is 0 Å². The summed E-state index contributed by atoms with van der Waals surface area (Å²) in [5, 5.41) is 0. The van der Waals surface area contributed by atoms with Crippen molar-refractivity contribution in [3.8, 4) is 0 Å². The van der Waals surface area contributed by atoms with Crippen molar-refractivity contribution in [1.82, 2.24) is 0 Å². The number of furan rings is 1. The summed E-state index contributed by atoms with van der Waals surface area (Å²) >= 11 is 0. The van der Waals surface area contributed by atoms with E-state index in [0.29, 0.717) is 5.56 Å². The third-order valence-corrected chi connectivity index (χ3v) is 2.46. The van der Waals surface area contributed by atoms with Gasteiger partial charge in [0.05, 0.1) is 6.26 Å². The van der Waals surface area contributed by atoms with Gasteiger partial charge in [0.15, 0.2) is 5.78 Å². The molecule has 18 heavy (non-hydrogen) atoms. The zero-order chi connectivity index (χ0) is 12.8. The number of hydrogen-bond donors (Lipinski definition) is 0. The number of carbonyl (C=O) groups excluding carboxylic acids is 1. The van der Waals surface area contributed by atoms with Gasteiger partial charge in [-0.3, -0.25) is 4.79 Å². The van der Waals surface area contributed by atoms with Crippen LogP contribution in [0.3, 0.4) is 0 Å². The van der Waals surface area contributed by atoms with Crippen LogP contribution < -0.4 is 0 Å². The molecule has 0 spiro atoms. The number of allylic oxidation sites excluding steroid dienone is 3. The Morgan fingerprint density at radius 2 is 2.06 bits per heavy atom. The largest absolute Gasteiger partial charge is 0.465 e. The van der Waals surface area contributed by atoms with Crippen molar-refractivity contribution in [2.45, 2.75) is 6.92 Å². The van der Waals surface area contributed by atoms with Gasteiger partial charge in [0.1, 0.15) is 5.76 Å². The molecule has 0 aliphatic rings. The summed E-state index contributed by atoms with van der Waals surface area (Å²) in [4.78, 5) is 11.8. The van der Waals surface area contributed by atoms with E-state index in [2.05, 4.69) is 0 Å². The van der Waals surface area contributed by atoms with Crippen molar-refractivity contribution >= 4 is 11.9 Å². The highest BCUT2D eigenvalue weighted by Crippen LogP contribution is 2.06. The van der Waals surface area contributed by atoms with E-state index in [1.54, 1.807) is 30.6 Å². The molecular weight excluding hydrogens is 224 g/mol. The maximum atomic E-state index is 11.8. The summed E-state index contributed by atoms with van der Waals surface area (Å²) in [7, 11) is 0. The Morgan fingerprint density at radius 3 is 2.78 bits per heavy atom. The van der Waals surface area contributed by atoms with E-state index in [9.17, 15) is 4.79 Å². The minimum absolute atomic E-state index is 0.00259. The average Bonchev–Trinajstić information content (AvgIpc) is 2.87. The molecule has 2 aromatic rings. The number of benzene rings is 1. The van der Waals surface area contributed by atoms with Gasteiger partial charge in [-0.15, -0.1) is 0 Å². The highest BCUT2D eigenvalue weighted by molar-refractivity contribution is 6.04. The minimum Gasteiger partial charge on any atom is -0.465 e. The van der Waals surface area contributed by atoms with Crippen molar-refractivity contribution in [2.24, 2.45) is 0 Å².